The van der Waals surface area contributed by atoms with Crippen molar-refractivity contribution in [1.82, 2.24) is 9.80 Å². The summed E-state index contributed by atoms with van der Waals surface area (Å²) in [6.45, 7) is 11.5. The molecule has 0 fully saturated rings. The average molecular weight is 667 g/mol. The number of unbranched alkanes of at least 4 members (excludes halogenated alkanes) is 5. The molecule has 2 heterocycles. The Hall–Kier alpha value is -3.67. The minimum absolute atomic E-state index is 0.0578. The van der Waals surface area contributed by atoms with E-state index in [2.05, 4.69) is 81.1 Å². The predicted octanol–water partition coefficient (Wildman–Crippen LogP) is 11.6. The molecule has 0 aliphatic carbocycles. The van der Waals surface area contributed by atoms with Crippen molar-refractivity contribution in [3.8, 4) is 0 Å². The highest BCUT2D eigenvalue weighted by molar-refractivity contribution is 7.81. The summed E-state index contributed by atoms with van der Waals surface area (Å²) < 4.78 is 0. The van der Waals surface area contributed by atoms with Crippen LogP contribution in [0.15, 0.2) is 48.5 Å². The number of hydrogen-bond donors (Lipinski definition) is 0. The first-order chi connectivity index (χ1) is 23.3. The molecule has 0 N–H and O–H groups in total. The van der Waals surface area contributed by atoms with E-state index in [0.29, 0.717) is 23.4 Å². The van der Waals surface area contributed by atoms with E-state index in [4.69, 9.17) is 24.4 Å². The van der Waals surface area contributed by atoms with Gasteiger partial charge >= 0.3 is 0 Å². The van der Waals surface area contributed by atoms with Gasteiger partial charge in [-0.2, -0.15) is 0 Å². The Bertz CT molecular complexity index is 2370. The van der Waals surface area contributed by atoms with E-state index in [-0.39, 0.29) is 5.91 Å². The molecule has 5 heteroatoms. The van der Waals surface area contributed by atoms with Crippen molar-refractivity contribution >= 4 is 105 Å². The quantitative estimate of drug-likeness (QED) is 0.0593. The predicted molar refractivity (Wildman–Crippen MR) is 212 cm³/mol. The van der Waals surface area contributed by atoms with Gasteiger partial charge in [-0.05, 0) is 102 Å². The van der Waals surface area contributed by atoms with Crippen molar-refractivity contribution < 1.29 is 4.79 Å². The summed E-state index contributed by atoms with van der Waals surface area (Å²) in [6, 6.07) is 18.3. The Balaban J connectivity index is 1.23. The second kappa shape index (κ2) is 11.2. The van der Waals surface area contributed by atoms with Gasteiger partial charge < -0.3 is 4.90 Å². The van der Waals surface area contributed by atoms with Gasteiger partial charge in [-0.25, -0.2) is 0 Å². The minimum Gasteiger partial charge on any atom is -0.358 e. The van der Waals surface area contributed by atoms with E-state index in [0.717, 1.165) is 46.4 Å². The van der Waals surface area contributed by atoms with Crippen LogP contribution in [0.5, 0.6) is 0 Å². The smallest absolute Gasteiger partial charge is 0.259 e. The van der Waals surface area contributed by atoms with Crippen LogP contribution < -0.4 is 0 Å². The number of amides is 1. The van der Waals surface area contributed by atoms with Crippen molar-refractivity contribution in [2.24, 2.45) is 11.8 Å². The fourth-order valence-electron chi connectivity index (χ4n) is 9.30. The van der Waals surface area contributed by atoms with Gasteiger partial charge in [0.2, 0.25) is 0 Å². The zero-order valence-electron chi connectivity index (χ0n) is 28.5. The lowest BCUT2D eigenvalue weighted by Crippen LogP contribution is -2.42. The molecule has 1 unspecified atom stereocenters. The van der Waals surface area contributed by atoms with Gasteiger partial charge in [0.05, 0.1) is 0 Å². The normalized spacial score (nSPS) is 15.9. The third-order valence-corrected chi connectivity index (χ3v) is 12.3. The van der Waals surface area contributed by atoms with Crippen LogP contribution in [0.1, 0.15) is 99.7 Å². The van der Waals surface area contributed by atoms with Crippen LogP contribution in [0.2, 0.25) is 0 Å². The molecule has 3 nitrogen and oxygen atoms in total. The number of carbonyl (C=O) groups is 1. The zero-order valence-corrected chi connectivity index (χ0v) is 30.1. The molecule has 48 heavy (non-hydrogen) atoms. The van der Waals surface area contributed by atoms with Gasteiger partial charge in [0.1, 0.15) is 9.98 Å². The maximum atomic E-state index is 14.5. The molecular weight excluding hydrogens is 625 g/mol. The van der Waals surface area contributed by atoms with Crippen LogP contribution in [-0.4, -0.2) is 38.8 Å². The third-order valence-electron chi connectivity index (χ3n) is 11.4. The monoisotopic (exact) mass is 666 g/mol. The van der Waals surface area contributed by atoms with E-state index in [1.54, 1.807) is 0 Å². The van der Waals surface area contributed by atoms with Crippen molar-refractivity contribution in [1.29, 1.82) is 0 Å². The lowest BCUT2D eigenvalue weighted by molar-refractivity contribution is 0.0833. The average Bonchev–Trinajstić information content (AvgIpc) is 3.07. The van der Waals surface area contributed by atoms with Crippen molar-refractivity contribution in [2.45, 2.75) is 79.2 Å². The van der Waals surface area contributed by atoms with Crippen LogP contribution in [-0.2, 0) is 6.54 Å². The summed E-state index contributed by atoms with van der Waals surface area (Å²) in [5, 5.41) is 14.8. The van der Waals surface area contributed by atoms with E-state index in [9.17, 15) is 4.79 Å². The van der Waals surface area contributed by atoms with E-state index in [1.807, 2.05) is 4.90 Å². The van der Waals surface area contributed by atoms with Gasteiger partial charge in [-0.1, -0.05) is 115 Å². The van der Waals surface area contributed by atoms with Crippen LogP contribution in [0.25, 0.3) is 64.6 Å². The first kappa shape index (κ1) is 30.4. The van der Waals surface area contributed by atoms with Crippen molar-refractivity contribution in [2.75, 3.05) is 13.1 Å². The molecule has 0 aromatic heterocycles. The summed E-state index contributed by atoms with van der Waals surface area (Å²) in [5.41, 5.74) is 4.37. The molecule has 1 amide bonds. The lowest BCUT2D eigenvalue weighted by Gasteiger charge is -2.35. The number of nitrogens with zero attached hydrogens (tertiary/aromatic N) is 2. The molecule has 1 atom stereocenters. The van der Waals surface area contributed by atoms with E-state index < -0.39 is 0 Å². The summed E-state index contributed by atoms with van der Waals surface area (Å²) in [6.07, 6.45) is 8.83. The molecule has 0 saturated heterocycles. The molecule has 0 saturated carbocycles. The molecule has 7 aromatic carbocycles. The Kier molecular flexibility index (Phi) is 7.08. The molecule has 0 bridgehead atoms. The van der Waals surface area contributed by atoms with E-state index in [1.165, 1.54) is 104 Å². The highest BCUT2D eigenvalue weighted by Gasteiger charge is 2.35. The summed E-state index contributed by atoms with van der Waals surface area (Å²) in [7, 11) is 0. The van der Waals surface area contributed by atoms with Gasteiger partial charge in [-0.3, -0.25) is 9.69 Å². The number of hydrogen-bond acceptors (Lipinski definition) is 3. The summed E-state index contributed by atoms with van der Waals surface area (Å²) in [5.74, 6) is 0.976. The third kappa shape index (κ3) is 4.26. The number of carbonyl (C=O) groups excluding carboxylic acids is 1. The van der Waals surface area contributed by atoms with Gasteiger partial charge in [0, 0.05) is 47.1 Å². The van der Waals surface area contributed by atoms with Gasteiger partial charge in [0.15, 0.2) is 0 Å². The Morgan fingerprint density at radius 3 is 1.79 bits per heavy atom. The molecular formula is C43H42N2OS2. The van der Waals surface area contributed by atoms with Crippen molar-refractivity contribution in [3.05, 3.63) is 70.8 Å². The first-order valence-corrected chi connectivity index (χ1v) is 18.9. The maximum absolute atomic E-state index is 14.5. The SMILES string of the molecule is CCCCCCCCC(C)CN1C(=O)c2cc3ccc4cc5c6c(cc7ccc8cc(c2c2c3c4c6c7c82)C1=S)CN(CC(C)C)C5=S. The minimum atomic E-state index is 0.0578. The number of thiocarbonyl (C=S) groups is 2. The fourth-order valence-corrected chi connectivity index (χ4v) is 9.91. The molecule has 7 aromatic rings. The molecule has 2 aliphatic rings. The summed E-state index contributed by atoms with van der Waals surface area (Å²) in [4.78, 5) is 20.4. The molecule has 0 radical (unpaired) electrons. The van der Waals surface area contributed by atoms with Crippen LogP contribution in [0, 0.1) is 11.8 Å². The number of rotatable bonds is 11. The van der Waals surface area contributed by atoms with Crippen LogP contribution >= 0.6 is 24.4 Å². The Morgan fingerprint density at radius 1 is 0.625 bits per heavy atom. The summed E-state index contributed by atoms with van der Waals surface area (Å²) >= 11 is 12.4. The second-order valence-electron chi connectivity index (χ2n) is 15.3. The highest BCUT2D eigenvalue weighted by atomic mass is 32.1. The Labute approximate surface area is 293 Å². The van der Waals surface area contributed by atoms with Crippen LogP contribution in [0.4, 0.5) is 0 Å². The maximum Gasteiger partial charge on any atom is 0.259 e. The van der Waals surface area contributed by atoms with Crippen LogP contribution in [0.3, 0.4) is 0 Å². The zero-order chi connectivity index (χ0) is 33.0. The molecule has 242 valence electrons. The largest absolute Gasteiger partial charge is 0.358 e. The lowest BCUT2D eigenvalue weighted by atomic mass is 9.77. The first-order valence-electron chi connectivity index (χ1n) is 18.1. The highest BCUT2D eigenvalue weighted by Crippen LogP contribution is 2.53. The Morgan fingerprint density at radius 2 is 1.17 bits per heavy atom. The fraction of sp³-hybridized carbons (Fsp3) is 0.372. The van der Waals surface area contributed by atoms with Gasteiger partial charge in [0.25, 0.3) is 5.91 Å². The van der Waals surface area contributed by atoms with Crippen molar-refractivity contribution in [3.63, 3.8) is 0 Å². The van der Waals surface area contributed by atoms with E-state index >= 15 is 0 Å². The molecule has 9 rings (SSSR count). The second-order valence-corrected chi connectivity index (χ2v) is 16.1. The molecule has 2 aliphatic heterocycles. The van der Waals surface area contributed by atoms with Gasteiger partial charge in [-0.15, -0.1) is 0 Å². The number of benzene rings is 7. The molecule has 0 spiro atoms. The standard InChI is InChI=1S/C43H42N2OS2/c1-5-6-7-8-9-10-11-24(4)21-45-41(46)30-17-26-14-15-27-18-31-33-29(22-44(42(31)47)20-23(2)3)16-25-12-13-28-19-32(43(45)48)38(30)40-36(26)35(27)39(33)34(25)37(28)40/h12-19,23-24H,5-11,20-22H2,1-4H3. The topological polar surface area (TPSA) is 23.6 Å².